The lowest BCUT2D eigenvalue weighted by Gasteiger charge is -2.11. The van der Waals surface area contributed by atoms with Gasteiger partial charge in [-0.3, -0.25) is 0 Å². The summed E-state index contributed by atoms with van der Waals surface area (Å²) in [6.45, 7) is 4.82. The molecule has 0 unspecified atom stereocenters. The fourth-order valence-electron chi connectivity index (χ4n) is 1.74. The number of unbranched alkanes of at least 4 members (excludes halogenated alkanes) is 2. The van der Waals surface area contributed by atoms with Crippen LogP contribution in [0.25, 0.3) is 0 Å². The first-order chi connectivity index (χ1) is 9.04. The van der Waals surface area contributed by atoms with Crippen LogP contribution in [0.1, 0.15) is 30.4 Å². The third kappa shape index (κ3) is 5.61. The smallest absolute Gasteiger partial charge is 0.319 e. The second kappa shape index (κ2) is 8.17. The van der Waals surface area contributed by atoms with Gasteiger partial charge in [0.25, 0.3) is 0 Å². The lowest BCUT2D eigenvalue weighted by molar-refractivity contribution is 0.251. The Kier molecular flexibility index (Phi) is 6.87. The standard InChI is InChI=1S/C14H21BrN2O2/c1-10-8-11(2)13(9-12(10)15)17-14(19)16-6-4-3-5-7-18/h8-9,18H,3-7H2,1-2H3,(H2,16,17,19). The summed E-state index contributed by atoms with van der Waals surface area (Å²) in [6, 6.07) is 3.75. The lowest BCUT2D eigenvalue weighted by Crippen LogP contribution is -2.29. The van der Waals surface area contributed by atoms with Gasteiger partial charge in [-0.15, -0.1) is 0 Å². The van der Waals surface area contributed by atoms with Crippen LogP contribution in [0, 0.1) is 13.8 Å². The second-order valence-corrected chi connectivity index (χ2v) is 5.44. The summed E-state index contributed by atoms with van der Waals surface area (Å²) in [7, 11) is 0. The van der Waals surface area contributed by atoms with Crippen LogP contribution in [0.3, 0.4) is 0 Å². The number of urea groups is 1. The van der Waals surface area contributed by atoms with E-state index in [0.717, 1.165) is 40.5 Å². The molecule has 1 aromatic carbocycles. The fourth-order valence-corrected chi connectivity index (χ4v) is 2.09. The molecule has 0 spiro atoms. The zero-order valence-electron chi connectivity index (χ0n) is 11.4. The Hall–Kier alpha value is -1.07. The van der Waals surface area contributed by atoms with Crippen LogP contribution in [0.4, 0.5) is 10.5 Å². The summed E-state index contributed by atoms with van der Waals surface area (Å²) >= 11 is 3.46. The van der Waals surface area contributed by atoms with Crippen LogP contribution in [-0.2, 0) is 0 Å². The zero-order valence-corrected chi connectivity index (χ0v) is 13.0. The molecule has 1 aromatic rings. The molecule has 19 heavy (non-hydrogen) atoms. The topological polar surface area (TPSA) is 61.4 Å². The Bertz CT molecular complexity index is 436. The van der Waals surface area contributed by atoms with E-state index in [1.807, 2.05) is 26.0 Å². The molecule has 0 bridgehead atoms. The minimum atomic E-state index is -0.192. The molecule has 0 aliphatic rings. The van der Waals surface area contributed by atoms with Crippen molar-refractivity contribution in [3.05, 3.63) is 27.7 Å². The second-order valence-electron chi connectivity index (χ2n) is 4.58. The van der Waals surface area contributed by atoms with Gasteiger partial charge in [0.15, 0.2) is 0 Å². The van der Waals surface area contributed by atoms with Crippen molar-refractivity contribution in [2.24, 2.45) is 0 Å². The van der Waals surface area contributed by atoms with E-state index in [-0.39, 0.29) is 12.6 Å². The van der Waals surface area contributed by atoms with Crippen LogP contribution in [0.15, 0.2) is 16.6 Å². The van der Waals surface area contributed by atoms with Crippen molar-refractivity contribution in [2.45, 2.75) is 33.1 Å². The fraction of sp³-hybridized carbons (Fsp3) is 0.500. The third-order valence-electron chi connectivity index (χ3n) is 2.87. The highest BCUT2D eigenvalue weighted by Crippen LogP contribution is 2.24. The molecule has 0 aromatic heterocycles. The van der Waals surface area contributed by atoms with E-state index >= 15 is 0 Å². The molecule has 3 N–H and O–H groups in total. The summed E-state index contributed by atoms with van der Waals surface area (Å²) in [5.41, 5.74) is 2.99. The number of nitrogens with one attached hydrogen (secondary N) is 2. The van der Waals surface area contributed by atoms with Crippen molar-refractivity contribution >= 4 is 27.6 Å². The highest BCUT2D eigenvalue weighted by Gasteiger charge is 2.06. The number of aryl methyl sites for hydroxylation is 2. The number of hydrogen-bond donors (Lipinski definition) is 3. The summed E-state index contributed by atoms with van der Waals surface area (Å²) < 4.78 is 0.983. The van der Waals surface area contributed by atoms with Gasteiger partial charge >= 0.3 is 6.03 Å². The number of rotatable bonds is 6. The van der Waals surface area contributed by atoms with Gasteiger partial charge in [0, 0.05) is 23.3 Å². The van der Waals surface area contributed by atoms with Gasteiger partial charge < -0.3 is 15.7 Å². The summed E-state index contributed by atoms with van der Waals surface area (Å²) in [5.74, 6) is 0. The maximum Gasteiger partial charge on any atom is 0.319 e. The van der Waals surface area contributed by atoms with Crippen LogP contribution >= 0.6 is 15.9 Å². The van der Waals surface area contributed by atoms with Gasteiger partial charge in [0.1, 0.15) is 0 Å². The van der Waals surface area contributed by atoms with E-state index in [1.54, 1.807) is 0 Å². The molecule has 0 saturated carbocycles. The molecule has 0 aliphatic heterocycles. The Morgan fingerprint density at radius 3 is 2.63 bits per heavy atom. The van der Waals surface area contributed by atoms with Crippen LogP contribution in [-0.4, -0.2) is 24.3 Å². The van der Waals surface area contributed by atoms with E-state index in [1.165, 1.54) is 0 Å². The number of benzene rings is 1. The largest absolute Gasteiger partial charge is 0.396 e. The number of aliphatic hydroxyl groups is 1. The molecule has 5 heteroatoms. The minimum Gasteiger partial charge on any atom is -0.396 e. The number of aliphatic hydroxyl groups excluding tert-OH is 1. The van der Waals surface area contributed by atoms with E-state index < -0.39 is 0 Å². The van der Waals surface area contributed by atoms with Gasteiger partial charge in [-0.1, -0.05) is 22.0 Å². The predicted octanol–water partition coefficient (Wildman–Crippen LogP) is 3.35. The predicted molar refractivity (Wildman–Crippen MR) is 81.6 cm³/mol. The van der Waals surface area contributed by atoms with Gasteiger partial charge in [0.2, 0.25) is 0 Å². The molecule has 2 amide bonds. The highest BCUT2D eigenvalue weighted by atomic mass is 79.9. The van der Waals surface area contributed by atoms with E-state index in [4.69, 9.17) is 5.11 Å². The lowest BCUT2D eigenvalue weighted by atomic mass is 10.1. The average Bonchev–Trinajstić information content (AvgIpc) is 2.35. The molecule has 106 valence electrons. The summed E-state index contributed by atoms with van der Waals surface area (Å²) in [5, 5.41) is 14.3. The Morgan fingerprint density at radius 2 is 1.95 bits per heavy atom. The molecule has 0 radical (unpaired) electrons. The average molecular weight is 329 g/mol. The highest BCUT2D eigenvalue weighted by molar-refractivity contribution is 9.10. The van der Waals surface area contributed by atoms with Gasteiger partial charge in [-0.05, 0) is 50.3 Å². The minimum absolute atomic E-state index is 0.192. The Balaban J connectivity index is 2.42. The van der Waals surface area contributed by atoms with Crippen LogP contribution in [0.5, 0.6) is 0 Å². The Morgan fingerprint density at radius 1 is 1.21 bits per heavy atom. The zero-order chi connectivity index (χ0) is 14.3. The summed E-state index contributed by atoms with van der Waals surface area (Å²) in [4.78, 5) is 11.7. The van der Waals surface area contributed by atoms with Crippen molar-refractivity contribution in [1.29, 1.82) is 0 Å². The molecule has 1 rings (SSSR count). The number of amides is 2. The number of anilines is 1. The van der Waals surface area contributed by atoms with Crippen LogP contribution in [0.2, 0.25) is 0 Å². The number of halogens is 1. The first kappa shape index (κ1) is 16.0. The molecule has 0 saturated heterocycles. The molecular formula is C14H21BrN2O2. The van der Waals surface area contributed by atoms with Crippen molar-refractivity contribution in [3.63, 3.8) is 0 Å². The number of carbonyl (C=O) groups excluding carboxylic acids is 1. The molecule has 0 fully saturated rings. The van der Waals surface area contributed by atoms with Crippen molar-refractivity contribution < 1.29 is 9.90 Å². The monoisotopic (exact) mass is 328 g/mol. The SMILES string of the molecule is Cc1cc(C)c(NC(=O)NCCCCCO)cc1Br. The summed E-state index contributed by atoms with van der Waals surface area (Å²) in [6.07, 6.45) is 2.59. The maximum atomic E-state index is 11.7. The first-order valence-corrected chi connectivity index (χ1v) is 7.26. The molecular weight excluding hydrogens is 308 g/mol. The molecule has 0 heterocycles. The quantitative estimate of drug-likeness (QED) is 0.701. The van der Waals surface area contributed by atoms with Crippen molar-refractivity contribution in [2.75, 3.05) is 18.5 Å². The van der Waals surface area contributed by atoms with Crippen molar-refractivity contribution in [3.8, 4) is 0 Å². The van der Waals surface area contributed by atoms with Gasteiger partial charge in [-0.25, -0.2) is 4.79 Å². The third-order valence-corrected chi connectivity index (χ3v) is 3.73. The van der Waals surface area contributed by atoms with E-state index in [9.17, 15) is 4.79 Å². The molecule has 4 nitrogen and oxygen atoms in total. The number of carbonyl (C=O) groups is 1. The Labute approximate surface area is 122 Å². The first-order valence-electron chi connectivity index (χ1n) is 6.47. The molecule has 0 aliphatic carbocycles. The number of hydrogen-bond acceptors (Lipinski definition) is 2. The normalized spacial score (nSPS) is 10.3. The maximum absolute atomic E-state index is 11.7. The molecule has 0 atom stereocenters. The van der Waals surface area contributed by atoms with E-state index in [0.29, 0.717) is 6.54 Å². The van der Waals surface area contributed by atoms with E-state index in [2.05, 4.69) is 26.6 Å². The van der Waals surface area contributed by atoms with Crippen LogP contribution < -0.4 is 10.6 Å². The van der Waals surface area contributed by atoms with Gasteiger partial charge in [-0.2, -0.15) is 0 Å². The van der Waals surface area contributed by atoms with Gasteiger partial charge in [0.05, 0.1) is 0 Å². The van der Waals surface area contributed by atoms with Crippen molar-refractivity contribution in [1.82, 2.24) is 5.32 Å².